The van der Waals surface area contributed by atoms with Gasteiger partial charge >= 0.3 is 0 Å². The largest absolute Gasteiger partial charge is 0.387 e. The molecule has 4 N–H and O–H groups in total. The van der Waals surface area contributed by atoms with Crippen molar-refractivity contribution in [3.63, 3.8) is 0 Å². The summed E-state index contributed by atoms with van der Waals surface area (Å²) in [6.07, 6.45) is 32.7. The molecule has 0 saturated carbocycles. The van der Waals surface area contributed by atoms with E-state index in [4.69, 9.17) is 0 Å². The minimum atomic E-state index is -4.43. The highest BCUT2D eigenvalue weighted by Crippen LogP contribution is 2.15. The molecule has 0 aliphatic heterocycles. The van der Waals surface area contributed by atoms with Gasteiger partial charge in [0.2, 0.25) is 5.91 Å². The summed E-state index contributed by atoms with van der Waals surface area (Å²) in [7, 11) is -4.43. The normalized spacial score (nSPS) is 14.2. The summed E-state index contributed by atoms with van der Waals surface area (Å²) in [6, 6.07) is -1.22. The molecule has 0 aliphatic carbocycles. The van der Waals surface area contributed by atoms with E-state index >= 15 is 0 Å². The number of amides is 1. The Kier molecular flexibility index (Phi) is 30.0. The first-order valence-electron chi connectivity index (χ1n) is 18.5. The minimum Gasteiger partial charge on any atom is -0.387 e. The van der Waals surface area contributed by atoms with Crippen molar-refractivity contribution in [1.29, 1.82) is 0 Å². The van der Waals surface area contributed by atoms with Gasteiger partial charge in [-0.1, -0.05) is 180 Å². The quantitative estimate of drug-likeness (QED) is 0.0320. The smallest absolute Gasteiger partial charge is 0.267 e. The van der Waals surface area contributed by atoms with Crippen molar-refractivity contribution in [3.8, 4) is 0 Å². The molecule has 3 unspecified atom stereocenters. The van der Waals surface area contributed by atoms with Crippen molar-refractivity contribution in [1.82, 2.24) is 5.32 Å². The Morgan fingerprint density at radius 1 is 0.614 bits per heavy atom. The van der Waals surface area contributed by atoms with Crippen LogP contribution in [-0.2, 0) is 14.9 Å². The van der Waals surface area contributed by atoms with Gasteiger partial charge in [-0.2, -0.15) is 8.42 Å². The fourth-order valence-corrected chi connectivity index (χ4v) is 6.43. The number of unbranched alkanes of at least 4 members (excludes halogenated alkanes) is 24. The van der Waals surface area contributed by atoms with E-state index in [0.29, 0.717) is 6.42 Å². The van der Waals surface area contributed by atoms with Gasteiger partial charge in [0.25, 0.3) is 10.1 Å². The van der Waals surface area contributed by atoms with E-state index in [-0.39, 0.29) is 6.42 Å². The first-order chi connectivity index (χ1) is 21.2. The van der Waals surface area contributed by atoms with E-state index in [2.05, 4.69) is 19.2 Å². The summed E-state index contributed by atoms with van der Waals surface area (Å²) < 4.78 is 32.3. The molecule has 7 nitrogen and oxygen atoms in total. The second-order valence-electron chi connectivity index (χ2n) is 13.0. The number of carbonyl (C=O) groups excluding carboxylic acids is 1. The molecule has 0 aliphatic rings. The fraction of sp³-hybridized carbons (Fsp3) is 0.917. The third-order valence-corrected chi connectivity index (χ3v) is 9.35. The molecule has 0 bridgehead atoms. The van der Waals surface area contributed by atoms with Crippen LogP contribution in [0.25, 0.3) is 0 Å². The zero-order valence-corrected chi connectivity index (χ0v) is 29.5. The molecule has 0 aromatic heterocycles. The van der Waals surface area contributed by atoms with E-state index in [9.17, 15) is 28.0 Å². The van der Waals surface area contributed by atoms with Crippen molar-refractivity contribution in [2.45, 2.75) is 205 Å². The van der Waals surface area contributed by atoms with Crippen LogP contribution in [0.1, 0.15) is 187 Å². The van der Waals surface area contributed by atoms with E-state index in [1.54, 1.807) is 6.08 Å². The molecule has 44 heavy (non-hydrogen) atoms. The van der Waals surface area contributed by atoms with Crippen LogP contribution in [0.15, 0.2) is 12.2 Å². The average molecular weight is 646 g/mol. The lowest BCUT2D eigenvalue weighted by atomic mass is 10.0. The van der Waals surface area contributed by atoms with Gasteiger partial charge in [0.05, 0.1) is 17.9 Å². The monoisotopic (exact) mass is 646 g/mol. The summed E-state index contributed by atoms with van der Waals surface area (Å²) in [4.78, 5) is 12.5. The number of hydrogen-bond donors (Lipinski definition) is 4. The standard InChI is InChI=1S/C36H71NO6S/c1-3-5-7-9-11-13-15-16-17-18-19-20-21-23-25-27-29-31-35(39)36(40)37-33(32-44(41,42)43)34(38)30-28-26-24-22-14-12-10-8-6-4-2/h28,30,33-35,38-39H,3-27,29,31-32H2,1-2H3,(H,37,40)(H,41,42,43)/b30-28+. The zero-order valence-electron chi connectivity index (χ0n) is 28.7. The predicted molar refractivity (Wildman–Crippen MR) is 186 cm³/mol. The number of carbonyl (C=O) groups is 1. The predicted octanol–water partition coefficient (Wildman–Crippen LogP) is 9.21. The lowest BCUT2D eigenvalue weighted by Crippen LogP contribution is -2.50. The van der Waals surface area contributed by atoms with E-state index < -0.39 is 40.0 Å². The van der Waals surface area contributed by atoms with Gasteiger partial charge in [0.15, 0.2) is 0 Å². The Bertz CT molecular complexity index is 773. The zero-order chi connectivity index (χ0) is 32.7. The number of aliphatic hydroxyl groups excluding tert-OH is 2. The third-order valence-electron chi connectivity index (χ3n) is 8.57. The molecule has 3 atom stereocenters. The van der Waals surface area contributed by atoms with Crippen molar-refractivity contribution < 1.29 is 28.0 Å². The molecule has 8 heteroatoms. The summed E-state index contributed by atoms with van der Waals surface area (Å²) in [5.74, 6) is -1.53. The van der Waals surface area contributed by atoms with Crippen LogP contribution in [0, 0.1) is 0 Å². The molecule has 0 radical (unpaired) electrons. The Balaban J connectivity index is 4.02. The molecule has 262 valence electrons. The number of nitrogens with one attached hydrogen (secondary N) is 1. The Hall–Kier alpha value is -0.960. The Morgan fingerprint density at radius 2 is 0.977 bits per heavy atom. The molecule has 0 rings (SSSR count). The lowest BCUT2D eigenvalue weighted by Gasteiger charge is -2.22. The van der Waals surface area contributed by atoms with E-state index in [1.165, 1.54) is 128 Å². The maximum absolute atomic E-state index is 12.5. The van der Waals surface area contributed by atoms with Gasteiger partial charge in [-0.25, -0.2) is 0 Å². The van der Waals surface area contributed by atoms with Crippen LogP contribution < -0.4 is 5.32 Å². The summed E-state index contributed by atoms with van der Waals surface area (Å²) >= 11 is 0. The maximum Gasteiger partial charge on any atom is 0.267 e. The van der Waals surface area contributed by atoms with Gasteiger partial charge in [0, 0.05) is 0 Å². The van der Waals surface area contributed by atoms with E-state index in [0.717, 1.165) is 38.5 Å². The second-order valence-corrected chi connectivity index (χ2v) is 14.5. The van der Waals surface area contributed by atoms with Gasteiger partial charge in [-0.05, 0) is 19.3 Å². The van der Waals surface area contributed by atoms with Gasteiger partial charge in [-0.3, -0.25) is 9.35 Å². The second kappa shape index (κ2) is 30.7. The highest BCUT2D eigenvalue weighted by Gasteiger charge is 2.27. The molecule has 0 heterocycles. The van der Waals surface area contributed by atoms with Crippen LogP contribution in [0.4, 0.5) is 0 Å². The van der Waals surface area contributed by atoms with Crippen molar-refractivity contribution in [3.05, 3.63) is 12.2 Å². The van der Waals surface area contributed by atoms with Crippen molar-refractivity contribution in [2.24, 2.45) is 0 Å². The molecule has 0 spiro atoms. The summed E-state index contributed by atoms with van der Waals surface area (Å²) in [5.41, 5.74) is 0. The number of allylic oxidation sites excluding steroid dienone is 1. The molecular weight excluding hydrogens is 574 g/mol. The third kappa shape index (κ3) is 29.7. The molecular formula is C36H71NO6S. The SMILES string of the molecule is CCCCCCCCCC/C=C/C(O)C(CS(=O)(=O)O)NC(=O)C(O)CCCCCCCCCCCCCCCCCCC. The maximum atomic E-state index is 12.5. The lowest BCUT2D eigenvalue weighted by molar-refractivity contribution is -0.130. The van der Waals surface area contributed by atoms with Crippen LogP contribution in [0.5, 0.6) is 0 Å². The first-order valence-corrected chi connectivity index (χ1v) is 20.1. The van der Waals surface area contributed by atoms with Gasteiger partial charge in [0.1, 0.15) is 6.10 Å². The molecule has 0 saturated heterocycles. The van der Waals surface area contributed by atoms with Crippen molar-refractivity contribution in [2.75, 3.05) is 5.75 Å². The first kappa shape index (κ1) is 43.0. The van der Waals surface area contributed by atoms with Crippen LogP contribution >= 0.6 is 0 Å². The minimum absolute atomic E-state index is 0.285. The Labute approximate surface area is 272 Å². The summed E-state index contributed by atoms with van der Waals surface area (Å²) in [5, 5.41) is 23.2. The highest BCUT2D eigenvalue weighted by atomic mass is 32.2. The van der Waals surface area contributed by atoms with Crippen molar-refractivity contribution >= 4 is 16.0 Å². The van der Waals surface area contributed by atoms with E-state index in [1.807, 2.05) is 0 Å². The van der Waals surface area contributed by atoms with Gasteiger partial charge in [-0.15, -0.1) is 0 Å². The molecule has 0 aromatic carbocycles. The molecule has 0 aromatic rings. The topological polar surface area (TPSA) is 124 Å². The summed E-state index contributed by atoms with van der Waals surface area (Å²) in [6.45, 7) is 4.47. The van der Waals surface area contributed by atoms with Gasteiger partial charge < -0.3 is 15.5 Å². The Morgan fingerprint density at radius 3 is 1.36 bits per heavy atom. The molecule has 1 amide bonds. The van der Waals surface area contributed by atoms with Crippen LogP contribution in [0.3, 0.4) is 0 Å². The highest BCUT2D eigenvalue weighted by molar-refractivity contribution is 7.85. The average Bonchev–Trinajstić information content (AvgIpc) is 2.98. The van der Waals surface area contributed by atoms with Crippen LogP contribution in [-0.4, -0.2) is 53.1 Å². The van der Waals surface area contributed by atoms with Crippen LogP contribution in [0.2, 0.25) is 0 Å². The number of aliphatic hydroxyl groups is 2. The molecule has 0 fully saturated rings. The number of hydrogen-bond acceptors (Lipinski definition) is 5. The number of rotatable bonds is 33. The fourth-order valence-electron chi connectivity index (χ4n) is 5.69.